The number of nitriles is 1. The van der Waals surface area contributed by atoms with Gasteiger partial charge in [-0.25, -0.2) is 9.97 Å². The van der Waals surface area contributed by atoms with Gasteiger partial charge in [-0.15, -0.1) is 0 Å². The van der Waals surface area contributed by atoms with E-state index < -0.39 is 0 Å². The molecule has 0 radical (unpaired) electrons. The standard InChI is InChI=1S/C21H20N6O/c1-11-14(3-2-4-17(11)23)18-8-13-9-19(25-10-16(13)20(24)26-18)27-21(28)15-7-12(15)5-6-22/h2-4,8-10,12,15H,5,7,23H2,1H3,(H2,24,26)(H,25,27,28)/t12-,15-/m1/s1. The Labute approximate surface area is 162 Å². The molecule has 0 unspecified atom stereocenters. The fraction of sp³-hybridized carbons (Fsp3) is 0.238. The lowest BCUT2D eigenvalue weighted by Gasteiger charge is -2.11. The lowest BCUT2D eigenvalue weighted by atomic mass is 10.0. The second-order valence-corrected chi connectivity index (χ2v) is 7.16. The molecule has 2 atom stereocenters. The quantitative estimate of drug-likeness (QED) is 0.603. The molecule has 5 N–H and O–H groups in total. The van der Waals surface area contributed by atoms with Crippen molar-refractivity contribution < 1.29 is 4.79 Å². The molecule has 1 aliphatic carbocycles. The zero-order chi connectivity index (χ0) is 19.8. The van der Waals surface area contributed by atoms with Gasteiger partial charge in [0.2, 0.25) is 5.91 Å². The van der Waals surface area contributed by atoms with Crippen LogP contribution in [0.2, 0.25) is 0 Å². The van der Waals surface area contributed by atoms with Gasteiger partial charge in [-0.05, 0) is 48.4 Å². The second-order valence-electron chi connectivity index (χ2n) is 7.16. The van der Waals surface area contributed by atoms with E-state index in [1.165, 1.54) is 0 Å². The Bertz CT molecular complexity index is 1130. The average molecular weight is 372 g/mol. The fourth-order valence-electron chi connectivity index (χ4n) is 3.44. The first-order valence-corrected chi connectivity index (χ1v) is 9.07. The number of nitrogen functional groups attached to an aromatic ring is 2. The predicted octanol–water partition coefficient (Wildman–Crippen LogP) is 3.26. The van der Waals surface area contributed by atoms with Gasteiger partial charge in [0.25, 0.3) is 0 Å². The minimum Gasteiger partial charge on any atom is -0.398 e. The Morgan fingerprint density at radius 2 is 2.18 bits per heavy atom. The summed E-state index contributed by atoms with van der Waals surface area (Å²) in [7, 11) is 0. The van der Waals surface area contributed by atoms with Gasteiger partial charge in [-0.1, -0.05) is 12.1 Å². The van der Waals surface area contributed by atoms with Crippen LogP contribution in [0.3, 0.4) is 0 Å². The molecule has 0 spiro atoms. The Morgan fingerprint density at radius 3 is 2.96 bits per heavy atom. The van der Waals surface area contributed by atoms with Crippen molar-refractivity contribution in [1.82, 2.24) is 9.97 Å². The summed E-state index contributed by atoms with van der Waals surface area (Å²) in [5, 5.41) is 13.1. The number of nitrogens with two attached hydrogens (primary N) is 2. The first-order valence-electron chi connectivity index (χ1n) is 9.07. The van der Waals surface area contributed by atoms with Crippen molar-refractivity contribution in [1.29, 1.82) is 5.26 Å². The van der Waals surface area contributed by atoms with Crippen molar-refractivity contribution in [3.8, 4) is 17.3 Å². The van der Waals surface area contributed by atoms with E-state index in [1.807, 2.05) is 31.2 Å². The molecule has 7 nitrogen and oxygen atoms in total. The zero-order valence-corrected chi connectivity index (χ0v) is 15.4. The van der Waals surface area contributed by atoms with Gasteiger partial charge in [0, 0.05) is 35.2 Å². The maximum Gasteiger partial charge on any atom is 0.228 e. The first kappa shape index (κ1) is 17.7. The number of nitrogens with one attached hydrogen (secondary N) is 1. The number of hydrogen-bond donors (Lipinski definition) is 3. The SMILES string of the molecule is Cc1c(N)cccc1-c1cc2cc(NC(=O)[C@@H]3C[C@H]3CC#N)ncc2c(N)n1. The van der Waals surface area contributed by atoms with Crippen LogP contribution in [0.4, 0.5) is 17.3 Å². The highest BCUT2D eigenvalue weighted by Crippen LogP contribution is 2.41. The molecule has 1 amide bonds. The Kier molecular flexibility index (Phi) is 4.32. The summed E-state index contributed by atoms with van der Waals surface area (Å²) in [6.07, 6.45) is 2.78. The minimum atomic E-state index is -0.106. The highest BCUT2D eigenvalue weighted by Gasteiger charge is 2.42. The Morgan fingerprint density at radius 1 is 1.36 bits per heavy atom. The molecular formula is C21H20N6O. The van der Waals surface area contributed by atoms with Gasteiger partial charge < -0.3 is 16.8 Å². The van der Waals surface area contributed by atoms with E-state index in [0.29, 0.717) is 23.7 Å². The van der Waals surface area contributed by atoms with Crippen molar-refractivity contribution in [3.05, 3.63) is 42.1 Å². The molecule has 0 bridgehead atoms. The van der Waals surface area contributed by atoms with Crippen LogP contribution in [0.1, 0.15) is 18.4 Å². The maximum atomic E-state index is 12.3. The molecule has 0 aliphatic heterocycles. The van der Waals surface area contributed by atoms with Gasteiger partial charge in [-0.3, -0.25) is 4.79 Å². The van der Waals surface area contributed by atoms with E-state index in [9.17, 15) is 4.79 Å². The minimum absolute atomic E-state index is 0.0963. The third-order valence-electron chi connectivity index (χ3n) is 5.26. The number of hydrogen-bond acceptors (Lipinski definition) is 6. The van der Waals surface area contributed by atoms with Crippen LogP contribution in [0.15, 0.2) is 36.5 Å². The fourth-order valence-corrected chi connectivity index (χ4v) is 3.44. The average Bonchev–Trinajstić information content (AvgIpc) is 3.43. The number of fused-ring (bicyclic) bond motifs is 1. The summed E-state index contributed by atoms with van der Waals surface area (Å²) in [5.74, 6) is 0.784. The Hall–Kier alpha value is -3.66. The van der Waals surface area contributed by atoms with Crippen LogP contribution in [0.5, 0.6) is 0 Å². The molecule has 2 aromatic heterocycles. The molecular weight excluding hydrogens is 352 g/mol. The summed E-state index contributed by atoms with van der Waals surface area (Å²) >= 11 is 0. The number of nitrogens with zero attached hydrogens (tertiary/aromatic N) is 3. The maximum absolute atomic E-state index is 12.3. The highest BCUT2D eigenvalue weighted by molar-refractivity contribution is 5.98. The van der Waals surface area contributed by atoms with Crippen molar-refractivity contribution in [2.75, 3.05) is 16.8 Å². The monoisotopic (exact) mass is 372 g/mol. The van der Waals surface area contributed by atoms with Gasteiger partial charge in [-0.2, -0.15) is 5.26 Å². The van der Waals surface area contributed by atoms with E-state index >= 15 is 0 Å². The molecule has 1 fully saturated rings. The Balaban J connectivity index is 1.66. The molecule has 1 saturated carbocycles. The number of aromatic nitrogens is 2. The summed E-state index contributed by atoms with van der Waals surface area (Å²) in [5.41, 5.74) is 15.4. The van der Waals surface area contributed by atoms with Crippen LogP contribution >= 0.6 is 0 Å². The number of rotatable bonds is 4. The lowest BCUT2D eigenvalue weighted by molar-refractivity contribution is -0.117. The van der Waals surface area contributed by atoms with Crippen molar-refractivity contribution in [2.45, 2.75) is 19.8 Å². The second kappa shape index (κ2) is 6.82. The molecule has 28 heavy (non-hydrogen) atoms. The topological polar surface area (TPSA) is 131 Å². The molecule has 1 aromatic carbocycles. The number of amides is 1. The van der Waals surface area contributed by atoms with Gasteiger partial charge in [0.05, 0.1) is 11.8 Å². The zero-order valence-electron chi connectivity index (χ0n) is 15.4. The van der Waals surface area contributed by atoms with Crippen molar-refractivity contribution in [2.24, 2.45) is 11.8 Å². The number of carbonyl (C=O) groups excluding carboxylic acids is 1. The lowest BCUT2D eigenvalue weighted by Crippen LogP contribution is -2.15. The van der Waals surface area contributed by atoms with Crippen LogP contribution in [0.25, 0.3) is 22.0 Å². The third-order valence-corrected chi connectivity index (χ3v) is 5.26. The molecule has 140 valence electrons. The molecule has 1 aliphatic rings. The van der Waals surface area contributed by atoms with Crippen molar-refractivity contribution >= 4 is 34.0 Å². The number of pyridine rings is 2. The van der Waals surface area contributed by atoms with E-state index in [1.54, 1.807) is 12.3 Å². The largest absolute Gasteiger partial charge is 0.398 e. The van der Waals surface area contributed by atoms with E-state index in [0.717, 1.165) is 34.0 Å². The smallest absolute Gasteiger partial charge is 0.228 e. The molecule has 4 rings (SSSR count). The summed E-state index contributed by atoms with van der Waals surface area (Å²) in [4.78, 5) is 21.1. The number of carbonyl (C=O) groups is 1. The van der Waals surface area contributed by atoms with Gasteiger partial charge in [0.1, 0.15) is 11.6 Å². The normalized spacial score (nSPS) is 17.9. The predicted molar refractivity (Wildman–Crippen MR) is 109 cm³/mol. The summed E-state index contributed by atoms with van der Waals surface area (Å²) in [6.45, 7) is 1.94. The highest BCUT2D eigenvalue weighted by atomic mass is 16.2. The van der Waals surface area contributed by atoms with Crippen LogP contribution < -0.4 is 16.8 Å². The third kappa shape index (κ3) is 3.21. The van der Waals surface area contributed by atoms with E-state index in [2.05, 4.69) is 21.4 Å². The molecule has 0 saturated heterocycles. The summed E-state index contributed by atoms with van der Waals surface area (Å²) in [6, 6.07) is 11.5. The van der Waals surface area contributed by atoms with Crippen LogP contribution in [-0.2, 0) is 4.79 Å². The van der Waals surface area contributed by atoms with Gasteiger partial charge >= 0.3 is 0 Å². The summed E-state index contributed by atoms with van der Waals surface area (Å²) < 4.78 is 0. The van der Waals surface area contributed by atoms with Gasteiger partial charge in [0.15, 0.2) is 0 Å². The van der Waals surface area contributed by atoms with Crippen LogP contribution in [-0.4, -0.2) is 15.9 Å². The van der Waals surface area contributed by atoms with Crippen molar-refractivity contribution in [3.63, 3.8) is 0 Å². The number of anilines is 3. The number of benzene rings is 1. The van der Waals surface area contributed by atoms with Crippen LogP contribution in [0, 0.1) is 30.1 Å². The molecule has 7 heteroatoms. The molecule has 3 aromatic rings. The first-order chi connectivity index (χ1) is 13.5. The van der Waals surface area contributed by atoms with E-state index in [-0.39, 0.29) is 17.7 Å². The molecule has 2 heterocycles. The van der Waals surface area contributed by atoms with E-state index in [4.69, 9.17) is 16.7 Å².